The molecular weight excluding hydrogens is 440 g/mol. The van der Waals surface area contributed by atoms with Crippen LogP contribution in [0.1, 0.15) is 18.2 Å². The summed E-state index contributed by atoms with van der Waals surface area (Å²) in [5.74, 6) is -0.111. The molecule has 0 saturated carbocycles. The van der Waals surface area contributed by atoms with E-state index < -0.39 is 0 Å². The summed E-state index contributed by atoms with van der Waals surface area (Å²) >= 11 is 2.68. The van der Waals surface area contributed by atoms with E-state index in [9.17, 15) is 9.59 Å². The number of nitrogens with one attached hydrogen (secondary N) is 3. The Bertz CT molecular complexity index is 1260. The number of para-hydroxylation sites is 1. The Balaban J connectivity index is 1.34. The van der Waals surface area contributed by atoms with Crippen LogP contribution in [0.25, 0.3) is 22.2 Å². The third-order valence-corrected chi connectivity index (χ3v) is 6.95. The number of rotatable bonds is 7. The summed E-state index contributed by atoms with van der Waals surface area (Å²) in [4.78, 5) is 32.8. The summed E-state index contributed by atoms with van der Waals surface area (Å²) in [6, 6.07) is 15.7. The molecule has 8 heteroatoms. The number of aromatic amines is 1. The number of thiazole rings is 1. The second-order valence-electron chi connectivity index (χ2n) is 7.57. The summed E-state index contributed by atoms with van der Waals surface area (Å²) in [7, 11) is 0. The van der Waals surface area contributed by atoms with Gasteiger partial charge in [0.2, 0.25) is 11.8 Å². The van der Waals surface area contributed by atoms with Gasteiger partial charge in [0, 0.05) is 33.2 Å². The Morgan fingerprint density at radius 1 is 1.09 bits per heavy atom. The van der Waals surface area contributed by atoms with E-state index in [0.717, 1.165) is 39.1 Å². The number of carbonyl (C=O) groups excluding carboxylic acids is 2. The van der Waals surface area contributed by atoms with Crippen molar-refractivity contribution < 1.29 is 9.59 Å². The molecule has 0 fully saturated rings. The second-order valence-corrected chi connectivity index (χ2v) is 9.75. The highest BCUT2D eigenvalue weighted by molar-refractivity contribution is 8.01. The van der Waals surface area contributed by atoms with Crippen LogP contribution in [0.2, 0.25) is 0 Å². The first-order chi connectivity index (χ1) is 15.4. The highest BCUT2D eigenvalue weighted by Gasteiger charge is 2.18. The quantitative estimate of drug-likeness (QED) is 0.332. The average Bonchev–Trinajstić information content (AvgIpc) is 3.36. The van der Waals surface area contributed by atoms with Gasteiger partial charge in [-0.1, -0.05) is 35.9 Å². The lowest BCUT2D eigenvalue weighted by Gasteiger charge is -2.11. The molecule has 1 unspecified atom stereocenters. The van der Waals surface area contributed by atoms with Gasteiger partial charge in [0.25, 0.3) is 0 Å². The van der Waals surface area contributed by atoms with Crippen LogP contribution in [0.5, 0.6) is 0 Å². The van der Waals surface area contributed by atoms with Crippen LogP contribution in [0.4, 0.5) is 10.8 Å². The van der Waals surface area contributed by atoms with Crippen molar-refractivity contribution in [1.82, 2.24) is 9.97 Å². The topological polar surface area (TPSA) is 86.9 Å². The zero-order chi connectivity index (χ0) is 22.7. The summed E-state index contributed by atoms with van der Waals surface area (Å²) in [6.45, 7) is 5.81. The van der Waals surface area contributed by atoms with Gasteiger partial charge in [-0.15, -0.1) is 23.1 Å². The van der Waals surface area contributed by atoms with Crippen molar-refractivity contribution in [3.63, 3.8) is 0 Å². The maximum absolute atomic E-state index is 12.6. The molecule has 0 aliphatic rings. The molecule has 3 N–H and O–H groups in total. The maximum atomic E-state index is 12.6. The number of anilines is 2. The second kappa shape index (κ2) is 9.58. The number of H-pyrrole nitrogens is 1. The molecule has 0 bridgehead atoms. The molecule has 0 aliphatic heterocycles. The molecule has 4 rings (SSSR count). The Hall–Kier alpha value is -3.10. The highest BCUT2D eigenvalue weighted by Crippen LogP contribution is 2.34. The third-order valence-electron chi connectivity index (χ3n) is 5.05. The van der Waals surface area contributed by atoms with E-state index in [1.807, 2.05) is 61.7 Å². The Morgan fingerprint density at radius 3 is 2.62 bits per heavy atom. The van der Waals surface area contributed by atoms with Gasteiger partial charge in [-0.25, -0.2) is 4.98 Å². The Morgan fingerprint density at radius 2 is 1.84 bits per heavy atom. The maximum Gasteiger partial charge on any atom is 0.239 e. The minimum absolute atomic E-state index is 0.134. The minimum atomic E-state index is -0.388. The predicted molar refractivity (Wildman–Crippen MR) is 135 cm³/mol. The highest BCUT2D eigenvalue weighted by atomic mass is 32.2. The van der Waals surface area contributed by atoms with Gasteiger partial charge in [-0.05, 0) is 39.0 Å². The molecule has 0 spiro atoms. The number of hydrogen-bond acceptors (Lipinski definition) is 5. The van der Waals surface area contributed by atoms with E-state index >= 15 is 0 Å². The number of hydrogen-bond donors (Lipinski definition) is 3. The third kappa shape index (κ3) is 5.03. The molecule has 2 aromatic heterocycles. The molecule has 0 radical (unpaired) electrons. The fourth-order valence-corrected chi connectivity index (χ4v) is 4.76. The van der Waals surface area contributed by atoms with Crippen molar-refractivity contribution in [3.05, 3.63) is 65.2 Å². The lowest BCUT2D eigenvalue weighted by atomic mass is 10.1. The molecule has 4 aromatic rings. The van der Waals surface area contributed by atoms with Gasteiger partial charge in [0.05, 0.1) is 16.7 Å². The van der Waals surface area contributed by atoms with Crippen LogP contribution in [-0.2, 0) is 9.59 Å². The molecular formula is C24H24N4O2S2. The first kappa shape index (κ1) is 22.1. The van der Waals surface area contributed by atoms with Crippen molar-refractivity contribution in [2.45, 2.75) is 26.0 Å². The summed E-state index contributed by atoms with van der Waals surface area (Å²) < 4.78 is 0. The number of fused-ring (bicyclic) bond motifs is 1. The largest absolute Gasteiger partial charge is 0.358 e. The number of thioether (sulfide) groups is 1. The van der Waals surface area contributed by atoms with E-state index in [1.54, 1.807) is 6.92 Å². The monoisotopic (exact) mass is 464 g/mol. The number of carbonyl (C=O) groups is 2. The van der Waals surface area contributed by atoms with E-state index in [-0.39, 0.29) is 22.8 Å². The summed E-state index contributed by atoms with van der Waals surface area (Å²) in [5.41, 5.74) is 5.87. The molecule has 2 aromatic carbocycles. The van der Waals surface area contributed by atoms with Gasteiger partial charge in [-0.3, -0.25) is 9.59 Å². The standard InChI is InChI=1S/C24H24N4O2S2/c1-14-8-10-17(11-9-14)26-21(29)13-31-16(3)23(30)28-24-27-20(12-32-24)22-15(2)25-19-7-5-4-6-18(19)22/h4-12,16,25H,13H2,1-3H3,(H,26,29)(H,27,28,30). The average molecular weight is 465 g/mol. The first-order valence-electron chi connectivity index (χ1n) is 10.2. The van der Waals surface area contributed by atoms with Crippen molar-refractivity contribution >= 4 is 56.6 Å². The number of aromatic nitrogens is 2. The van der Waals surface area contributed by atoms with Gasteiger partial charge in [0.1, 0.15) is 0 Å². The molecule has 0 saturated heterocycles. The van der Waals surface area contributed by atoms with Crippen LogP contribution >= 0.6 is 23.1 Å². The SMILES string of the molecule is Cc1ccc(NC(=O)CSC(C)C(=O)Nc2nc(-c3c(C)[nH]c4ccccc34)cs2)cc1. The molecule has 164 valence electrons. The van der Waals surface area contributed by atoms with Crippen LogP contribution in [0, 0.1) is 13.8 Å². The number of nitrogens with zero attached hydrogens (tertiary/aromatic N) is 1. The van der Waals surface area contributed by atoms with Gasteiger partial charge in [-0.2, -0.15) is 0 Å². The Kier molecular flexibility index (Phi) is 6.62. The lowest BCUT2D eigenvalue weighted by Crippen LogP contribution is -2.25. The summed E-state index contributed by atoms with van der Waals surface area (Å²) in [6.07, 6.45) is 0. The van der Waals surface area contributed by atoms with E-state index in [0.29, 0.717) is 5.13 Å². The normalized spacial score (nSPS) is 12.0. The van der Waals surface area contributed by atoms with Crippen LogP contribution in [-0.4, -0.2) is 32.8 Å². The number of amides is 2. The zero-order valence-corrected chi connectivity index (χ0v) is 19.7. The fourth-order valence-electron chi connectivity index (χ4n) is 3.37. The Labute approximate surface area is 194 Å². The number of benzene rings is 2. The van der Waals surface area contributed by atoms with Gasteiger partial charge < -0.3 is 15.6 Å². The molecule has 32 heavy (non-hydrogen) atoms. The summed E-state index contributed by atoms with van der Waals surface area (Å²) in [5, 5.41) is 8.94. The van der Waals surface area contributed by atoms with Crippen molar-refractivity contribution in [2.24, 2.45) is 0 Å². The van der Waals surface area contributed by atoms with Crippen LogP contribution < -0.4 is 10.6 Å². The molecule has 6 nitrogen and oxygen atoms in total. The van der Waals surface area contributed by atoms with Gasteiger partial charge >= 0.3 is 0 Å². The van der Waals surface area contributed by atoms with E-state index in [1.165, 1.54) is 23.1 Å². The van der Waals surface area contributed by atoms with Crippen molar-refractivity contribution in [1.29, 1.82) is 0 Å². The van der Waals surface area contributed by atoms with Crippen molar-refractivity contribution in [2.75, 3.05) is 16.4 Å². The molecule has 2 heterocycles. The minimum Gasteiger partial charge on any atom is -0.358 e. The molecule has 2 amide bonds. The van der Waals surface area contributed by atoms with Crippen molar-refractivity contribution in [3.8, 4) is 11.3 Å². The smallest absolute Gasteiger partial charge is 0.239 e. The van der Waals surface area contributed by atoms with E-state index in [4.69, 9.17) is 0 Å². The van der Waals surface area contributed by atoms with Gasteiger partial charge in [0.15, 0.2) is 5.13 Å². The zero-order valence-electron chi connectivity index (χ0n) is 18.1. The van der Waals surface area contributed by atoms with E-state index in [2.05, 4.69) is 26.7 Å². The predicted octanol–water partition coefficient (Wildman–Crippen LogP) is 5.61. The molecule has 1 atom stereocenters. The number of aryl methyl sites for hydroxylation is 2. The molecule has 0 aliphatic carbocycles. The first-order valence-corrected chi connectivity index (χ1v) is 12.2. The van der Waals surface area contributed by atoms with Crippen LogP contribution in [0.3, 0.4) is 0 Å². The van der Waals surface area contributed by atoms with Crippen LogP contribution in [0.15, 0.2) is 53.9 Å². The fraction of sp³-hybridized carbons (Fsp3) is 0.208. The lowest BCUT2D eigenvalue weighted by molar-refractivity contribution is -0.115.